The van der Waals surface area contributed by atoms with Gasteiger partial charge in [0.15, 0.2) is 11.5 Å². The minimum atomic E-state index is -1.16. The number of carboxylic acids is 1. The molecule has 2 unspecified atom stereocenters. The first kappa shape index (κ1) is 13.0. The SMILES string of the molecule is CC(C(=O)O)C(=O)NC(C)c1nnc2ccccn12. The number of aromatic nitrogens is 3. The number of amides is 1. The largest absolute Gasteiger partial charge is 0.481 e. The summed E-state index contributed by atoms with van der Waals surface area (Å²) >= 11 is 0. The first-order chi connectivity index (χ1) is 9.00. The lowest BCUT2D eigenvalue weighted by atomic mass is 10.1. The average Bonchev–Trinajstić information content (AvgIpc) is 2.81. The number of hydrogen-bond acceptors (Lipinski definition) is 4. The summed E-state index contributed by atoms with van der Waals surface area (Å²) in [4.78, 5) is 22.4. The summed E-state index contributed by atoms with van der Waals surface area (Å²) < 4.78 is 1.75. The van der Waals surface area contributed by atoms with Crippen molar-refractivity contribution >= 4 is 17.5 Å². The number of carbonyl (C=O) groups is 2. The summed E-state index contributed by atoms with van der Waals surface area (Å²) in [6.45, 7) is 3.07. The first-order valence-corrected chi connectivity index (χ1v) is 5.83. The number of hydrogen-bond donors (Lipinski definition) is 2. The summed E-state index contributed by atoms with van der Waals surface area (Å²) in [6.07, 6.45) is 1.79. The van der Waals surface area contributed by atoms with E-state index < -0.39 is 23.8 Å². The van der Waals surface area contributed by atoms with Crippen molar-refractivity contribution in [2.24, 2.45) is 5.92 Å². The molecule has 0 saturated heterocycles. The molecule has 0 fully saturated rings. The maximum Gasteiger partial charge on any atom is 0.315 e. The Labute approximate surface area is 109 Å². The van der Waals surface area contributed by atoms with Gasteiger partial charge in [-0.3, -0.25) is 14.0 Å². The number of pyridine rings is 1. The lowest BCUT2D eigenvalue weighted by molar-refractivity contribution is -0.146. The molecule has 100 valence electrons. The fourth-order valence-electron chi connectivity index (χ4n) is 1.67. The molecule has 2 heterocycles. The molecule has 0 aromatic carbocycles. The molecular weight excluding hydrogens is 248 g/mol. The molecule has 0 aliphatic heterocycles. The van der Waals surface area contributed by atoms with Crippen LogP contribution in [0.3, 0.4) is 0 Å². The van der Waals surface area contributed by atoms with E-state index in [0.717, 1.165) is 0 Å². The zero-order valence-corrected chi connectivity index (χ0v) is 10.6. The zero-order chi connectivity index (χ0) is 14.0. The monoisotopic (exact) mass is 262 g/mol. The van der Waals surface area contributed by atoms with Crippen molar-refractivity contribution in [3.63, 3.8) is 0 Å². The highest BCUT2D eigenvalue weighted by molar-refractivity contribution is 5.96. The normalized spacial score (nSPS) is 14.0. The highest BCUT2D eigenvalue weighted by Crippen LogP contribution is 2.12. The Kier molecular flexibility index (Phi) is 3.46. The molecule has 0 aliphatic carbocycles. The molecule has 19 heavy (non-hydrogen) atoms. The van der Waals surface area contributed by atoms with Crippen LogP contribution in [0.5, 0.6) is 0 Å². The molecule has 2 atom stereocenters. The molecule has 2 aromatic heterocycles. The van der Waals surface area contributed by atoms with Gasteiger partial charge in [-0.15, -0.1) is 10.2 Å². The van der Waals surface area contributed by atoms with Gasteiger partial charge in [-0.05, 0) is 26.0 Å². The summed E-state index contributed by atoms with van der Waals surface area (Å²) in [5.74, 6) is -2.24. The molecule has 7 nitrogen and oxygen atoms in total. The number of rotatable bonds is 4. The van der Waals surface area contributed by atoms with Crippen molar-refractivity contribution in [2.45, 2.75) is 19.9 Å². The van der Waals surface area contributed by atoms with E-state index in [1.807, 2.05) is 12.1 Å². The van der Waals surface area contributed by atoms with Crippen LogP contribution in [0.15, 0.2) is 24.4 Å². The highest BCUT2D eigenvalue weighted by atomic mass is 16.4. The van der Waals surface area contributed by atoms with Crippen molar-refractivity contribution in [3.8, 4) is 0 Å². The topological polar surface area (TPSA) is 96.6 Å². The van der Waals surface area contributed by atoms with Crippen molar-refractivity contribution in [1.82, 2.24) is 19.9 Å². The van der Waals surface area contributed by atoms with E-state index in [1.165, 1.54) is 6.92 Å². The third-order valence-corrected chi connectivity index (χ3v) is 2.85. The molecule has 0 spiro atoms. The number of carboxylic acid groups (broad SMARTS) is 1. The fraction of sp³-hybridized carbons (Fsp3) is 0.333. The molecule has 2 aromatic rings. The van der Waals surface area contributed by atoms with E-state index in [1.54, 1.807) is 23.6 Å². The summed E-state index contributed by atoms with van der Waals surface area (Å²) in [6, 6.07) is 5.04. The number of aliphatic carboxylic acids is 1. The Morgan fingerprint density at radius 3 is 2.74 bits per heavy atom. The van der Waals surface area contributed by atoms with Gasteiger partial charge < -0.3 is 10.4 Å². The van der Waals surface area contributed by atoms with Gasteiger partial charge in [0.25, 0.3) is 0 Å². The van der Waals surface area contributed by atoms with Crippen LogP contribution in [0.4, 0.5) is 0 Å². The number of carbonyl (C=O) groups excluding carboxylic acids is 1. The van der Waals surface area contributed by atoms with Crippen molar-refractivity contribution in [1.29, 1.82) is 0 Å². The summed E-state index contributed by atoms with van der Waals surface area (Å²) in [5, 5.41) is 19.4. The molecule has 0 radical (unpaired) electrons. The lowest BCUT2D eigenvalue weighted by Gasteiger charge is -2.14. The summed E-state index contributed by atoms with van der Waals surface area (Å²) in [5.41, 5.74) is 0.671. The minimum Gasteiger partial charge on any atom is -0.481 e. The van der Waals surface area contributed by atoms with Crippen molar-refractivity contribution in [3.05, 3.63) is 30.2 Å². The third-order valence-electron chi connectivity index (χ3n) is 2.85. The molecule has 2 N–H and O–H groups in total. The second-order valence-electron chi connectivity index (χ2n) is 4.28. The quantitative estimate of drug-likeness (QED) is 0.788. The van der Waals surface area contributed by atoms with Crippen LogP contribution in [0.2, 0.25) is 0 Å². The fourth-order valence-corrected chi connectivity index (χ4v) is 1.67. The van der Waals surface area contributed by atoms with Crippen LogP contribution in [-0.2, 0) is 9.59 Å². The Hall–Kier alpha value is -2.44. The molecule has 0 saturated carbocycles. The van der Waals surface area contributed by atoms with Crippen LogP contribution < -0.4 is 5.32 Å². The van der Waals surface area contributed by atoms with E-state index in [2.05, 4.69) is 15.5 Å². The Balaban J connectivity index is 2.18. The van der Waals surface area contributed by atoms with Gasteiger partial charge in [0.05, 0.1) is 6.04 Å². The number of fused-ring (bicyclic) bond motifs is 1. The van der Waals surface area contributed by atoms with E-state index in [9.17, 15) is 9.59 Å². The van der Waals surface area contributed by atoms with Gasteiger partial charge in [0, 0.05) is 6.20 Å². The first-order valence-electron chi connectivity index (χ1n) is 5.83. The van der Waals surface area contributed by atoms with Gasteiger partial charge in [0.1, 0.15) is 5.92 Å². The highest BCUT2D eigenvalue weighted by Gasteiger charge is 2.23. The summed E-state index contributed by atoms with van der Waals surface area (Å²) in [7, 11) is 0. The van der Waals surface area contributed by atoms with E-state index in [-0.39, 0.29) is 0 Å². The van der Waals surface area contributed by atoms with Crippen molar-refractivity contribution in [2.75, 3.05) is 0 Å². The smallest absolute Gasteiger partial charge is 0.315 e. The zero-order valence-electron chi connectivity index (χ0n) is 10.6. The van der Waals surface area contributed by atoms with Crippen LogP contribution in [0.1, 0.15) is 25.7 Å². The Morgan fingerprint density at radius 2 is 2.05 bits per heavy atom. The van der Waals surface area contributed by atoms with Gasteiger partial charge in [-0.1, -0.05) is 6.07 Å². The maximum absolute atomic E-state index is 11.7. The van der Waals surface area contributed by atoms with Gasteiger partial charge in [0.2, 0.25) is 5.91 Å². The molecule has 0 aliphatic rings. The number of nitrogens with one attached hydrogen (secondary N) is 1. The van der Waals surface area contributed by atoms with Crippen LogP contribution in [0, 0.1) is 5.92 Å². The van der Waals surface area contributed by atoms with E-state index in [0.29, 0.717) is 11.5 Å². The molecule has 2 rings (SSSR count). The van der Waals surface area contributed by atoms with Gasteiger partial charge >= 0.3 is 5.97 Å². The van der Waals surface area contributed by atoms with Crippen LogP contribution >= 0.6 is 0 Å². The average molecular weight is 262 g/mol. The lowest BCUT2D eigenvalue weighted by Crippen LogP contribution is -2.35. The van der Waals surface area contributed by atoms with E-state index >= 15 is 0 Å². The van der Waals surface area contributed by atoms with E-state index in [4.69, 9.17) is 5.11 Å². The minimum absolute atomic E-state index is 0.424. The molecule has 1 amide bonds. The van der Waals surface area contributed by atoms with Gasteiger partial charge in [-0.2, -0.15) is 0 Å². The molecular formula is C12H14N4O3. The standard InChI is InChI=1S/C12H14N4O3/c1-7(12(18)19)11(17)13-8(2)10-15-14-9-5-3-4-6-16(9)10/h3-8H,1-2H3,(H,13,17)(H,18,19). The van der Waals surface area contributed by atoms with Crippen LogP contribution in [-0.4, -0.2) is 31.6 Å². The second kappa shape index (κ2) is 5.05. The molecule has 0 bridgehead atoms. The van der Waals surface area contributed by atoms with Crippen molar-refractivity contribution < 1.29 is 14.7 Å². The second-order valence-corrected chi connectivity index (χ2v) is 4.28. The number of nitrogens with zero attached hydrogens (tertiary/aromatic N) is 3. The predicted molar refractivity (Wildman–Crippen MR) is 66.3 cm³/mol. The molecule has 7 heteroatoms. The Bertz CT molecular complexity index is 622. The van der Waals surface area contributed by atoms with Gasteiger partial charge in [-0.25, -0.2) is 0 Å². The maximum atomic E-state index is 11.7. The van der Waals surface area contributed by atoms with Crippen LogP contribution in [0.25, 0.3) is 5.65 Å². The predicted octanol–water partition coefficient (Wildman–Crippen LogP) is 0.627. The third kappa shape index (κ3) is 2.54. The Morgan fingerprint density at radius 1 is 1.32 bits per heavy atom.